The molecule has 0 aliphatic carbocycles. The van der Waals surface area contributed by atoms with E-state index in [1.165, 1.54) is 6.26 Å². The summed E-state index contributed by atoms with van der Waals surface area (Å²) in [7, 11) is 0. The number of para-hydroxylation sites is 1. The van der Waals surface area contributed by atoms with Crippen molar-refractivity contribution in [2.24, 2.45) is 0 Å². The van der Waals surface area contributed by atoms with E-state index in [-0.39, 0.29) is 0 Å². The molecule has 2 aromatic rings. The van der Waals surface area contributed by atoms with Crippen LogP contribution in [0.5, 0.6) is 0 Å². The molecule has 0 saturated heterocycles. The zero-order chi connectivity index (χ0) is 11.4. The molecule has 0 atom stereocenters. The Kier molecular flexibility index (Phi) is 2.88. The molecule has 80 valence electrons. The van der Waals surface area contributed by atoms with Crippen LogP contribution in [-0.4, -0.2) is 5.16 Å². The molecule has 0 fully saturated rings. The van der Waals surface area contributed by atoms with E-state index in [9.17, 15) is 0 Å². The fourth-order valence-corrected chi connectivity index (χ4v) is 1.50. The van der Waals surface area contributed by atoms with Crippen LogP contribution in [-0.2, 0) is 6.54 Å². The van der Waals surface area contributed by atoms with Gasteiger partial charge in [-0.15, -0.1) is 0 Å². The van der Waals surface area contributed by atoms with E-state index in [2.05, 4.69) is 16.5 Å². The number of aryl methyl sites for hydroxylation is 1. The highest BCUT2D eigenvalue weighted by Gasteiger charge is 2.05. The predicted octanol–water partition coefficient (Wildman–Crippen LogP) is 2.47. The zero-order valence-corrected chi connectivity index (χ0v) is 8.90. The average molecular weight is 213 g/mol. The molecular weight excluding hydrogens is 202 g/mol. The molecule has 0 aliphatic rings. The van der Waals surface area contributed by atoms with Crippen LogP contribution in [0, 0.1) is 18.3 Å². The molecule has 4 nitrogen and oxygen atoms in total. The standard InChI is InChI=1S/C12H11N3O/c1-9-3-2-4-10(7-13)12(9)14-8-11-5-6-16-15-11/h2-6,14H,8H2,1H3. The van der Waals surface area contributed by atoms with Crippen LogP contribution in [0.25, 0.3) is 0 Å². The van der Waals surface area contributed by atoms with Crippen molar-refractivity contribution < 1.29 is 4.52 Å². The van der Waals surface area contributed by atoms with Crippen LogP contribution in [0.4, 0.5) is 5.69 Å². The minimum atomic E-state index is 0.552. The number of nitrogens with zero attached hydrogens (tertiary/aromatic N) is 2. The lowest BCUT2D eigenvalue weighted by Gasteiger charge is -2.09. The van der Waals surface area contributed by atoms with Gasteiger partial charge in [0.05, 0.1) is 17.8 Å². The van der Waals surface area contributed by atoms with E-state index in [0.717, 1.165) is 16.9 Å². The first-order chi connectivity index (χ1) is 7.81. The third kappa shape index (κ3) is 2.04. The molecule has 16 heavy (non-hydrogen) atoms. The van der Waals surface area contributed by atoms with Crippen molar-refractivity contribution in [3.8, 4) is 6.07 Å². The molecular formula is C12H11N3O. The lowest BCUT2D eigenvalue weighted by Crippen LogP contribution is -2.03. The van der Waals surface area contributed by atoms with E-state index in [4.69, 9.17) is 9.78 Å². The van der Waals surface area contributed by atoms with Crippen LogP contribution in [0.2, 0.25) is 0 Å². The Morgan fingerprint density at radius 1 is 1.44 bits per heavy atom. The molecule has 1 aromatic carbocycles. The number of anilines is 1. The number of nitrogens with one attached hydrogen (secondary N) is 1. The van der Waals surface area contributed by atoms with E-state index in [1.807, 2.05) is 19.1 Å². The third-order valence-corrected chi connectivity index (χ3v) is 2.33. The molecule has 0 aliphatic heterocycles. The van der Waals surface area contributed by atoms with Gasteiger partial charge >= 0.3 is 0 Å². The zero-order valence-electron chi connectivity index (χ0n) is 8.90. The van der Waals surface area contributed by atoms with Crippen LogP contribution in [0.3, 0.4) is 0 Å². The van der Waals surface area contributed by atoms with Crippen molar-refractivity contribution >= 4 is 5.69 Å². The van der Waals surface area contributed by atoms with Crippen molar-refractivity contribution in [2.75, 3.05) is 5.32 Å². The summed E-state index contributed by atoms with van der Waals surface area (Å²) in [6.07, 6.45) is 1.53. The van der Waals surface area contributed by atoms with E-state index >= 15 is 0 Å². The van der Waals surface area contributed by atoms with Crippen molar-refractivity contribution in [1.29, 1.82) is 5.26 Å². The average Bonchev–Trinajstić information content (AvgIpc) is 2.80. The van der Waals surface area contributed by atoms with Gasteiger partial charge in [0.1, 0.15) is 18.0 Å². The smallest absolute Gasteiger partial charge is 0.124 e. The summed E-state index contributed by atoms with van der Waals surface area (Å²) in [5.41, 5.74) is 3.35. The minimum Gasteiger partial charge on any atom is -0.378 e. The van der Waals surface area contributed by atoms with Gasteiger partial charge in [0.15, 0.2) is 0 Å². The highest BCUT2D eigenvalue weighted by molar-refractivity contribution is 5.62. The van der Waals surface area contributed by atoms with Crippen LogP contribution in [0.1, 0.15) is 16.8 Å². The van der Waals surface area contributed by atoms with Crippen molar-refractivity contribution in [3.63, 3.8) is 0 Å². The molecule has 2 rings (SSSR count). The Balaban J connectivity index is 2.18. The van der Waals surface area contributed by atoms with Crippen molar-refractivity contribution in [3.05, 3.63) is 47.3 Å². The fraction of sp³-hybridized carbons (Fsp3) is 0.167. The Morgan fingerprint density at radius 2 is 2.31 bits per heavy atom. The number of aromatic nitrogens is 1. The Labute approximate surface area is 93.5 Å². The van der Waals surface area contributed by atoms with Crippen LogP contribution in [0.15, 0.2) is 35.1 Å². The number of rotatable bonds is 3. The first-order valence-electron chi connectivity index (χ1n) is 4.94. The highest BCUT2D eigenvalue weighted by Crippen LogP contribution is 2.20. The minimum absolute atomic E-state index is 0.552. The van der Waals surface area contributed by atoms with Gasteiger partial charge < -0.3 is 9.84 Å². The van der Waals surface area contributed by atoms with Gasteiger partial charge in [0.25, 0.3) is 0 Å². The summed E-state index contributed by atoms with van der Waals surface area (Å²) in [5, 5.41) is 16.0. The molecule has 0 amide bonds. The molecule has 0 spiro atoms. The number of nitriles is 1. The summed E-state index contributed by atoms with van der Waals surface area (Å²) >= 11 is 0. The first-order valence-corrected chi connectivity index (χ1v) is 4.94. The van der Waals surface area contributed by atoms with E-state index in [1.54, 1.807) is 12.1 Å². The van der Waals surface area contributed by atoms with Crippen molar-refractivity contribution in [1.82, 2.24) is 5.16 Å². The summed E-state index contributed by atoms with van der Waals surface area (Å²) in [6, 6.07) is 9.57. The maximum Gasteiger partial charge on any atom is 0.124 e. The molecule has 0 saturated carbocycles. The Morgan fingerprint density at radius 3 is 3.00 bits per heavy atom. The SMILES string of the molecule is Cc1cccc(C#N)c1NCc1ccon1. The van der Waals surface area contributed by atoms with E-state index in [0.29, 0.717) is 12.1 Å². The Bertz CT molecular complexity index is 512. The maximum absolute atomic E-state index is 8.98. The summed E-state index contributed by atoms with van der Waals surface area (Å²) in [6.45, 7) is 2.52. The van der Waals surface area contributed by atoms with Gasteiger partial charge in [0.2, 0.25) is 0 Å². The summed E-state index contributed by atoms with van der Waals surface area (Å²) in [5.74, 6) is 0. The van der Waals surface area contributed by atoms with Gasteiger partial charge in [-0.1, -0.05) is 17.3 Å². The molecule has 1 N–H and O–H groups in total. The largest absolute Gasteiger partial charge is 0.378 e. The van der Waals surface area contributed by atoms with Gasteiger partial charge in [-0.05, 0) is 18.6 Å². The molecule has 0 unspecified atom stereocenters. The molecule has 1 aromatic heterocycles. The number of benzene rings is 1. The number of hydrogen-bond donors (Lipinski definition) is 1. The lowest BCUT2D eigenvalue weighted by molar-refractivity contribution is 0.412. The lowest BCUT2D eigenvalue weighted by atomic mass is 10.1. The fourth-order valence-electron chi connectivity index (χ4n) is 1.50. The van der Waals surface area contributed by atoms with Crippen LogP contribution < -0.4 is 5.32 Å². The first kappa shape index (κ1) is 10.2. The second-order valence-electron chi connectivity index (χ2n) is 3.45. The van der Waals surface area contributed by atoms with Crippen molar-refractivity contribution in [2.45, 2.75) is 13.5 Å². The molecule has 0 bridgehead atoms. The number of hydrogen-bond acceptors (Lipinski definition) is 4. The summed E-state index contributed by atoms with van der Waals surface area (Å²) in [4.78, 5) is 0. The molecule has 4 heteroatoms. The molecule has 0 radical (unpaired) electrons. The molecule has 1 heterocycles. The van der Waals surface area contributed by atoms with Gasteiger partial charge in [-0.2, -0.15) is 5.26 Å². The van der Waals surface area contributed by atoms with Gasteiger partial charge in [-0.3, -0.25) is 0 Å². The second kappa shape index (κ2) is 4.49. The Hall–Kier alpha value is -2.28. The van der Waals surface area contributed by atoms with Gasteiger partial charge in [-0.25, -0.2) is 0 Å². The normalized spacial score (nSPS) is 9.75. The highest BCUT2D eigenvalue weighted by atomic mass is 16.5. The predicted molar refractivity (Wildman–Crippen MR) is 59.7 cm³/mol. The maximum atomic E-state index is 8.98. The quantitative estimate of drug-likeness (QED) is 0.850. The summed E-state index contributed by atoms with van der Waals surface area (Å²) < 4.78 is 4.73. The second-order valence-corrected chi connectivity index (χ2v) is 3.45. The van der Waals surface area contributed by atoms with E-state index < -0.39 is 0 Å². The van der Waals surface area contributed by atoms with Gasteiger partial charge in [0, 0.05) is 6.07 Å². The third-order valence-electron chi connectivity index (χ3n) is 2.33. The topological polar surface area (TPSA) is 61.9 Å². The van der Waals surface area contributed by atoms with Crippen LogP contribution >= 0.6 is 0 Å². The monoisotopic (exact) mass is 213 g/mol.